The van der Waals surface area contributed by atoms with Crippen LogP contribution in [0.4, 0.5) is 0 Å². The van der Waals surface area contributed by atoms with Gasteiger partial charge in [-0.2, -0.15) is 0 Å². The third-order valence-corrected chi connectivity index (χ3v) is 2.76. The molecule has 0 aromatic heterocycles. The predicted molar refractivity (Wildman–Crippen MR) is 60.5 cm³/mol. The Morgan fingerprint density at radius 1 is 1.07 bits per heavy atom. The Balaban J connectivity index is 3.26. The van der Waals surface area contributed by atoms with E-state index >= 15 is 0 Å². The molecule has 0 N–H and O–H groups in total. The third-order valence-electron chi connectivity index (χ3n) is 2.76. The fraction of sp³-hybridized carbons (Fsp3) is 1.00. The summed E-state index contributed by atoms with van der Waals surface area (Å²) in [5, 5.41) is 0. The number of nitrogens with zero attached hydrogens (tertiary/aromatic N) is 1. The molecular formula is C12H25NO. The van der Waals surface area contributed by atoms with Crippen molar-refractivity contribution in [1.29, 1.82) is 0 Å². The van der Waals surface area contributed by atoms with Crippen LogP contribution >= 0.6 is 0 Å². The van der Waals surface area contributed by atoms with Crippen LogP contribution in [0.25, 0.3) is 0 Å². The molecule has 0 saturated carbocycles. The first kappa shape index (κ1) is 5.86. The highest BCUT2D eigenvalue weighted by Gasteiger charge is 2.40. The minimum atomic E-state index is -2.27. The van der Waals surface area contributed by atoms with Crippen LogP contribution in [0, 0.1) is 0 Å². The van der Waals surface area contributed by atoms with E-state index in [1.807, 2.05) is 20.8 Å². The second-order valence-electron chi connectivity index (χ2n) is 5.03. The fourth-order valence-corrected chi connectivity index (χ4v) is 2.07. The average molecular weight is 205 g/mol. The maximum Gasteiger partial charge on any atom is 0.0704 e. The van der Waals surface area contributed by atoms with Crippen LogP contribution in [0.2, 0.25) is 0 Å². The van der Waals surface area contributed by atoms with Gasteiger partial charge in [0.05, 0.1) is 12.2 Å². The highest BCUT2D eigenvalue weighted by molar-refractivity contribution is 4.93. The van der Waals surface area contributed by atoms with E-state index in [1.54, 1.807) is 18.7 Å². The summed E-state index contributed by atoms with van der Waals surface area (Å²) in [4.78, 5) is 1.78. The lowest BCUT2D eigenvalue weighted by atomic mass is 9.94. The molecule has 84 valence electrons. The number of hydrogen-bond donors (Lipinski definition) is 0. The van der Waals surface area contributed by atoms with E-state index in [-0.39, 0.29) is 0 Å². The summed E-state index contributed by atoms with van der Waals surface area (Å²) < 4.78 is 51.6. The van der Waals surface area contributed by atoms with Crippen molar-refractivity contribution >= 4 is 0 Å². The normalized spacial score (nSPS) is 49.5. The number of ether oxygens (including phenoxy) is 1. The third kappa shape index (κ3) is 2.12. The summed E-state index contributed by atoms with van der Waals surface area (Å²) >= 11 is 0. The summed E-state index contributed by atoms with van der Waals surface area (Å²) in [7, 11) is 0. The van der Waals surface area contributed by atoms with Crippen LogP contribution in [-0.2, 0) is 4.74 Å². The molecule has 0 amide bonds. The lowest BCUT2D eigenvalue weighted by Gasteiger charge is -2.52. The van der Waals surface area contributed by atoms with Crippen molar-refractivity contribution in [3.05, 3.63) is 0 Å². The molecule has 1 fully saturated rings. The molecule has 4 atom stereocenters. The minimum Gasteiger partial charge on any atom is -0.372 e. The Kier molecular flexibility index (Phi) is 1.60. The first-order valence-corrected chi connectivity index (χ1v) is 5.11. The molecule has 1 aliphatic heterocycles. The first-order chi connectivity index (χ1) is 8.67. The SMILES string of the molecule is [2H]C([2H])([2H])C1OC(C)C(C([2H])([2H])[2H])N(C(C)(C)C)C1C. The molecule has 0 aromatic carbocycles. The molecule has 0 aromatic rings. The zero-order valence-corrected chi connectivity index (χ0v) is 9.66. The van der Waals surface area contributed by atoms with Crippen LogP contribution in [0.3, 0.4) is 0 Å². The monoisotopic (exact) mass is 205 g/mol. The molecule has 1 saturated heterocycles. The number of hydrogen-bond acceptors (Lipinski definition) is 2. The van der Waals surface area contributed by atoms with E-state index in [1.165, 1.54) is 0 Å². The fourth-order valence-electron chi connectivity index (χ4n) is 2.07. The van der Waals surface area contributed by atoms with Gasteiger partial charge in [0.25, 0.3) is 0 Å². The average Bonchev–Trinajstić information content (AvgIpc) is 2.14. The Labute approximate surface area is 97.1 Å². The summed E-state index contributed by atoms with van der Waals surface area (Å²) in [6.07, 6.45) is -1.64. The van der Waals surface area contributed by atoms with Gasteiger partial charge < -0.3 is 4.74 Å². The van der Waals surface area contributed by atoms with E-state index < -0.39 is 43.5 Å². The summed E-state index contributed by atoms with van der Waals surface area (Å²) in [6, 6.07) is -1.31. The van der Waals surface area contributed by atoms with E-state index in [0.717, 1.165) is 0 Å². The molecule has 0 bridgehead atoms. The maximum absolute atomic E-state index is 7.75. The molecule has 2 nitrogen and oxygen atoms in total. The van der Waals surface area contributed by atoms with Gasteiger partial charge >= 0.3 is 0 Å². The second kappa shape index (κ2) is 3.82. The Bertz CT molecular complexity index is 345. The van der Waals surface area contributed by atoms with Gasteiger partial charge in [0.15, 0.2) is 0 Å². The lowest BCUT2D eigenvalue weighted by Crippen LogP contribution is -2.63. The molecule has 1 rings (SSSR count). The molecule has 0 radical (unpaired) electrons. The predicted octanol–water partition coefficient (Wildman–Crippen LogP) is 2.67. The smallest absolute Gasteiger partial charge is 0.0704 e. The van der Waals surface area contributed by atoms with Gasteiger partial charge in [-0.15, -0.1) is 0 Å². The largest absolute Gasteiger partial charge is 0.372 e. The summed E-state index contributed by atoms with van der Waals surface area (Å²) in [6.45, 7) is 4.58. The van der Waals surface area contributed by atoms with Crippen molar-refractivity contribution in [1.82, 2.24) is 4.90 Å². The quantitative estimate of drug-likeness (QED) is 0.603. The van der Waals surface area contributed by atoms with Crippen molar-refractivity contribution in [3.8, 4) is 0 Å². The van der Waals surface area contributed by atoms with Crippen LogP contribution in [0.5, 0.6) is 0 Å². The van der Waals surface area contributed by atoms with Crippen molar-refractivity contribution in [3.63, 3.8) is 0 Å². The van der Waals surface area contributed by atoms with Crippen LogP contribution in [-0.4, -0.2) is 34.7 Å². The summed E-state index contributed by atoms with van der Waals surface area (Å²) in [5.74, 6) is 0. The molecule has 2 heteroatoms. The van der Waals surface area contributed by atoms with E-state index in [4.69, 9.17) is 13.0 Å². The van der Waals surface area contributed by atoms with Gasteiger partial charge in [0, 0.05) is 25.8 Å². The van der Waals surface area contributed by atoms with Crippen molar-refractivity contribution < 1.29 is 13.0 Å². The molecule has 1 heterocycles. The van der Waals surface area contributed by atoms with E-state index in [2.05, 4.69) is 0 Å². The lowest BCUT2D eigenvalue weighted by molar-refractivity contribution is -0.155. The number of rotatable bonds is 0. The molecule has 0 aliphatic carbocycles. The van der Waals surface area contributed by atoms with Crippen molar-refractivity contribution in [2.75, 3.05) is 0 Å². The number of morpholine rings is 1. The van der Waals surface area contributed by atoms with Gasteiger partial charge in [-0.05, 0) is 48.3 Å². The molecule has 14 heavy (non-hydrogen) atoms. The Hall–Kier alpha value is -0.0800. The highest BCUT2D eigenvalue weighted by Crippen LogP contribution is 2.30. The van der Waals surface area contributed by atoms with Gasteiger partial charge in [-0.25, -0.2) is 0 Å². The van der Waals surface area contributed by atoms with Crippen LogP contribution < -0.4 is 0 Å². The van der Waals surface area contributed by atoms with Crippen molar-refractivity contribution in [2.24, 2.45) is 0 Å². The maximum atomic E-state index is 7.75. The van der Waals surface area contributed by atoms with Crippen LogP contribution in [0.15, 0.2) is 0 Å². The van der Waals surface area contributed by atoms with Crippen LogP contribution in [0.1, 0.15) is 56.5 Å². The van der Waals surface area contributed by atoms with Gasteiger partial charge in [-0.3, -0.25) is 4.90 Å². The van der Waals surface area contributed by atoms with Crippen molar-refractivity contribution in [2.45, 2.75) is 78.2 Å². The zero-order chi connectivity index (χ0) is 16.1. The van der Waals surface area contributed by atoms with Gasteiger partial charge in [-0.1, -0.05) is 0 Å². The molecule has 1 aliphatic rings. The molecule has 4 unspecified atom stereocenters. The molecular weight excluding hydrogens is 174 g/mol. The first-order valence-electron chi connectivity index (χ1n) is 8.11. The second-order valence-corrected chi connectivity index (χ2v) is 5.03. The molecule has 0 spiro atoms. The van der Waals surface area contributed by atoms with E-state index in [9.17, 15) is 0 Å². The van der Waals surface area contributed by atoms with E-state index in [0.29, 0.717) is 0 Å². The van der Waals surface area contributed by atoms with Gasteiger partial charge in [0.2, 0.25) is 0 Å². The standard InChI is InChI=1S/C12H25NO/c1-8-10(3)14-11(4)9(2)13(8)12(5,6)7/h8-11H,1-7H3/i1D3,4D3. The Morgan fingerprint density at radius 3 is 2.14 bits per heavy atom. The topological polar surface area (TPSA) is 12.5 Å². The zero-order valence-electron chi connectivity index (χ0n) is 15.7. The highest BCUT2D eigenvalue weighted by atomic mass is 16.5. The Morgan fingerprint density at radius 2 is 1.71 bits per heavy atom. The minimum absolute atomic E-state index is 0.458. The summed E-state index contributed by atoms with van der Waals surface area (Å²) in [5.41, 5.74) is -0.458. The van der Waals surface area contributed by atoms with Gasteiger partial charge in [0.1, 0.15) is 0 Å².